The van der Waals surface area contributed by atoms with Crippen LogP contribution in [0.2, 0.25) is 0 Å². The molecule has 0 saturated heterocycles. The highest BCUT2D eigenvalue weighted by Crippen LogP contribution is 2.46. The van der Waals surface area contributed by atoms with Crippen molar-refractivity contribution in [2.45, 2.75) is 46.1 Å². The number of carboxylic acids is 1. The topological polar surface area (TPSA) is 66.7 Å². The van der Waals surface area contributed by atoms with E-state index in [-0.39, 0.29) is 11.2 Å². The maximum atomic E-state index is 12.9. The van der Waals surface area contributed by atoms with Gasteiger partial charge < -0.3 is 5.11 Å². The SMILES string of the molecule is CC(N=C1C(=O)C2=C(CC(C)(C)CC2)c2ccccc21)C(=O)O. The predicted molar refractivity (Wildman–Crippen MR) is 89.6 cm³/mol. The number of benzene rings is 1. The van der Waals surface area contributed by atoms with Gasteiger partial charge >= 0.3 is 5.97 Å². The Balaban J connectivity index is 2.17. The third kappa shape index (κ3) is 2.74. The molecule has 4 heteroatoms. The van der Waals surface area contributed by atoms with Crippen LogP contribution >= 0.6 is 0 Å². The van der Waals surface area contributed by atoms with Gasteiger partial charge in [-0.05, 0) is 42.7 Å². The fraction of sp³-hybridized carbons (Fsp3) is 0.421. The van der Waals surface area contributed by atoms with Crippen LogP contribution in [0.5, 0.6) is 0 Å². The Labute approximate surface area is 135 Å². The molecular formula is C19H21NO3. The normalized spacial score (nSPS) is 22.6. The van der Waals surface area contributed by atoms with Crippen LogP contribution in [0.1, 0.15) is 51.2 Å². The molecule has 0 radical (unpaired) electrons. The predicted octanol–water partition coefficient (Wildman–Crippen LogP) is 3.50. The minimum atomic E-state index is -1.02. The van der Waals surface area contributed by atoms with Crippen molar-refractivity contribution in [2.24, 2.45) is 10.4 Å². The number of allylic oxidation sites excluding steroid dienone is 2. The van der Waals surface area contributed by atoms with Gasteiger partial charge in [-0.2, -0.15) is 0 Å². The van der Waals surface area contributed by atoms with E-state index in [4.69, 9.17) is 5.11 Å². The van der Waals surface area contributed by atoms with Crippen LogP contribution < -0.4 is 0 Å². The Kier molecular flexibility index (Phi) is 3.71. The second-order valence-corrected chi connectivity index (χ2v) is 7.16. The van der Waals surface area contributed by atoms with Gasteiger partial charge in [0.25, 0.3) is 0 Å². The van der Waals surface area contributed by atoms with Crippen molar-refractivity contribution in [2.75, 3.05) is 0 Å². The lowest BCUT2D eigenvalue weighted by atomic mass is 9.68. The second-order valence-electron chi connectivity index (χ2n) is 7.16. The van der Waals surface area contributed by atoms with E-state index < -0.39 is 12.0 Å². The zero-order chi connectivity index (χ0) is 16.8. The average molecular weight is 311 g/mol. The molecular weight excluding hydrogens is 290 g/mol. The van der Waals surface area contributed by atoms with Gasteiger partial charge in [-0.3, -0.25) is 9.79 Å². The number of carbonyl (C=O) groups is 2. The minimum absolute atomic E-state index is 0.0951. The molecule has 0 aliphatic heterocycles. The van der Waals surface area contributed by atoms with Crippen LogP contribution in [0, 0.1) is 5.41 Å². The van der Waals surface area contributed by atoms with Gasteiger partial charge in [0.2, 0.25) is 5.78 Å². The lowest BCUT2D eigenvalue weighted by Gasteiger charge is -2.36. The summed E-state index contributed by atoms with van der Waals surface area (Å²) in [5.74, 6) is -1.12. The third-order valence-corrected chi connectivity index (χ3v) is 4.75. The van der Waals surface area contributed by atoms with E-state index in [2.05, 4.69) is 18.8 Å². The average Bonchev–Trinajstić information content (AvgIpc) is 2.50. The van der Waals surface area contributed by atoms with Crippen LogP contribution in [0.4, 0.5) is 0 Å². The fourth-order valence-corrected chi connectivity index (χ4v) is 3.39. The number of aliphatic imine (C=N–C) groups is 1. The molecule has 0 fully saturated rings. The molecule has 23 heavy (non-hydrogen) atoms. The van der Waals surface area contributed by atoms with Gasteiger partial charge in [-0.25, -0.2) is 4.79 Å². The highest BCUT2D eigenvalue weighted by Gasteiger charge is 2.37. The number of Topliss-reactive ketones (excluding diaryl/α,β-unsaturated/α-hetero) is 1. The molecule has 0 spiro atoms. The minimum Gasteiger partial charge on any atom is -0.480 e. The molecule has 4 nitrogen and oxygen atoms in total. The fourth-order valence-electron chi connectivity index (χ4n) is 3.39. The van der Waals surface area contributed by atoms with Gasteiger partial charge in [0, 0.05) is 11.1 Å². The van der Waals surface area contributed by atoms with Crippen LogP contribution in [0.25, 0.3) is 5.57 Å². The number of carboxylic acid groups (broad SMARTS) is 1. The van der Waals surface area contributed by atoms with Crippen LogP contribution in [0.15, 0.2) is 34.8 Å². The van der Waals surface area contributed by atoms with E-state index >= 15 is 0 Å². The highest BCUT2D eigenvalue weighted by atomic mass is 16.4. The number of fused-ring (bicyclic) bond motifs is 2. The van der Waals surface area contributed by atoms with Crippen molar-refractivity contribution in [3.8, 4) is 0 Å². The van der Waals surface area contributed by atoms with Crippen molar-refractivity contribution < 1.29 is 14.7 Å². The van der Waals surface area contributed by atoms with Gasteiger partial charge in [0.05, 0.1) is 0 Å². The van der Waals surface area contributed by atoms with Crippen molar-refractivity contribution in [3.63, 3.8) is 0 Å². The first-order valence-corrected chi connectivity index (χ1v) is 7.97. The number of rotatable bonds is 2. The van der Waals surface area contributed by atoms with E-state index in [9.17, 15) is 9.59 Å². The first-order chi connectivity index (χ1) is 10.8. The Morgan fingerprint density at radius 1 is 1.22 bits per heavy atom. The zero-order valence-electron chi connectivity index (χ0n) is 13.7. The molecule has 1 aromatic rings. The van der Waals surface area contributed by atoms with E-state index in [1.807, 2.05) is 24.3 Å². The van der Waals surface area contributed by atoms with Crippen LogP contribution in [0.3, 0.4) is 0 Å². The van der Waals surface area contributed by atoms with E-state index in [1.54, 1.807) is 0 Å². The lowest BCUT2D eigenvalue weighted by molar-refractivity contribution is -0.137. The van der Waals surface area contributed by atoms with E-state index in [0.29, 0.717) is 5.71 Å². The Morgan fingerprint density at radius 2 is 1.87 bits per heavy atom. The van der Waals surface area contributed by atoms with Gasteiger partial charge in [-0.1, -0.05) is 38.1 Å². The van der Waals surface area contributed by atoms with Crippen molar-refractivity contribution in [1.82, 2.24) is 0 Å². The van der Waals surface area contributed by atoms with E-state index in [0.717, 1.165) is 41.5 Å². The maximum Gasteiger partial charge on any atom is 0.328 e. The standard InChI is InChI=1S/C19H21NO3/c1-11(18(22)23)20-16-13-7-5-4-6-12(13)15-10-19(2,3)9-8-14(15)17(16)21/h4-7,11H,8-10H2,1-3H3,(H,22,23). The quantitative estimate of drug-likeness (QED) is 0.909. The molecule has 0 heterocycles. The molecule has 2 aliphatic carbocycles. The maximum absolute atomic E-state index is 12.9. The molecule has 1 aromatic carbocycles. The van der Waals surface area contributed by atoms with Crippen molar-refractivity contribution in [3.05, 3.63) is 41.0 Å². The summed E-state index contributed by atoms with van der Waals surface area (Å²) < 4.78 is 0. The summed E-state index contributed by atoms with van der Waals surface area (Å²) >= 11 is 0. The molecule has 3 rings (SSSR count). The summed E-state index contributed by atoms with van der Waals surface area (Å²) in [6.45, 7) is 5.94. The van der Waals surface area contributed by atoms with Gasteiger partial charge in [-0.15, -0.1) is 0 Å². The first kappa shape index (κ1) is 15.7. The molecule has 0 aromatic heterocycles. The molecule has 1 N–H and O–H groups in total. The second kappa shape index (κ2) is 5.44. The summed E-state index contributed by atoms with van der Waals surface area (Å²) in [6.07, 6.45) is 2.56. The third-order valence-electron chi connectivity index (χ3n) is 4.75. The summed E-state index contributed by atoms with van der Waals surface area (Å²) in [6, 6.07) is 6.78. The van der Waals surface area contributed by atoms with E-state index in [1.165, 1.54) is 6.92 Å². The monoisotopic (exact) mass is 311 g/mol. The number of carbonyl (C=O) groups excluding carboxylic acids is 1. The lowest BCUT2D eigenvalue weighted by Crippen LogP contribution is -2.31. The van der Waals surface area contributed by atoms with Crippen molar-refractivity contribution >= 4 is 23.0 Å². The van der Waals surface area contributed by atoms with Crippen molar-refractivity contribution in [1.29, 1.82) is 0 Å². The highest BCUT2D eigenvalue weighted by molar-refractivity contribution is 6.54. The number of aliphatic carboxylic acids is 1. The molecule has 1 unspecified atom stereocenters. The van der Waals surface area contributed by atoms with Gasteiger partial charge in [0.15, 0.2) is 0 Å². The zero-order valence-corrected chi connectivity index (χ0v) is 13.7. The summed E-state index contributed by atoms with van der Waals surface area (Å²) in [7, 11) is 0. The number of hydrogen-bond donors (Lipinski definition) is 1. The first-order valence-electron chi connectivity index (χ1n) is 7.97. The summed E-state index contributed by atoms with van der Waals surface area (Å²) in [5, 5.41) is 9.12. The Morgan fingerprint density at radius 3 is 2.52 bits per heavy atom. The molecule has 0 amide bonds. The van der Waals surface area contributed by atoms with Gasteiger partial charge in [0.1, 0.15) is 11.8 Å². The Hall–Kier alpha value is -2.23. The number of hydrogen-bond acceptors (Lipinski definition) is 3. The molecule has 0 bridgehead atoms. The summed E-state index contributed by atoms with van der Waals surface area (Å²) in [4.78, 5) is 28.3. The van der Waals surface area contributed by atoms with Crippen LogP contribution in [-0.2, 0) is 9.59 Å². The number of nitrogens with zero attached hydrogens (tertiary/aromatic N) is 1. The summed E-state index contributed by atoms with van der Waals surface area (Å²) in [5.41, 5.74) is 4.21. The molecule has 2 aliphatic rings. The number of ketones is 1. The Bertz CT molecular complexity index is 756. The largest absolute Gasteiger partial charge is 0.480 e. The molecule has 120 valence electrons. The molecule has 1 atom stereocenters. The van der Waals surface area contributed by atoms with Crippen LogP contribution in [-0.4, -0.2) is 28.6 Å². The smallest absolute Gasteiger partial charge is 0.328 e. The molecule has 0 saturated carbocycles.